The smallest absolute Gasteiger partial charge is 0.278 e. The molecule has 2 aliphatic heterocycles. The van der Waals surface area contributed by atoms with E-state index in [0.29, 0.717) is 5.65 Å². The zero-order valence-electron chi connectivity index (χ0n) is 9.18. The monoisotopic (exact) mass is 250 g/mol. The van der Waals surface area contributed by atoms with Crippen molar-refractivity contribution in [2.45, 2.75) is 24.5 Å². The van der Waals surface area contributed by atoms with Crippen LogP contribution in [0.2, 0.25) is 0 Å². The Morgan fingerprint density at radius 3 is 3.06 bits per heavy atom. The molecule has 8 nitrogen and oxygen atoms in total. The summed E-state index contributed by atoms with van der Waals surface area (Å²) in [5.41, 5.74) is 0.436. The minimum Gasteiger partial charge on any atom is -0.394 e. The molecule has 0 radical (unpaired) electrons. The molecule has 0 aromatic carbocycles. The molecule has 2 aliphatic rings. The van der Waals surface area contributed by atoms with Gasteiger partial charge in [0.2, 0.25) is 0 Å². The molecule has 4 rings (SSSR count). The van der Waals surface area contributed by atoms with Gasteiger partial charge in [0.25, 0.3) is 5.56 Å². The quantitative estimate of drug-likeness (QED) is 0.647. The van der Waals surface area contributed by atoms with E-state index in [9.17, 15) is 4.79 Å². The number of aliphatic hydroxyl groups excluding tert-OH is 1. The van der Waals surface area contributed by atoms with Crippen LogP contribution < -0.4 is 5.56 Å². The Kier molecular flexibility index (Phi) is 1.91. The van der Waals surface area contributed by atoms with E-state index in [1.807, 2.05) is 0 Å². The first kappa shape index (κ1) is 10.2. The first-order valence-corrected chi connectivity index (χ1v) is 5.61. The Bertz CT molecular complexity index is 665. The van der Waals surface area contributed by atoms with Gasteiger partial charge in [0.05, 0.1) is 19.3 Å². The average molecular weight is 250 g/mol. The van der Waals surface area contributed by atoms with Crippen molar-refractivity contribution < 1.29 is 14.6 Å². The molecule has 2 saturated heterocycles. The van der Waals surface area contributed by atoms with E-state index in [-0.39, 0.29) is 42.2 Å². The van der Waals surface area contributed by atoms with Gasteiger partial charge in [-0.25, -0.2) is 9.97 Å². The largest absolute Gasteiger partial charge is 0.394 e. The van der Waals surface area contributed by atoms with Gasteiger partial charge in [-0.15, -0.1) is 0 Å². The van der Waals surface area contributed by atoms with Gasteiger partial charge in [0, 0.05) is 0 Å². The van der Waals surface area contributed by atoms with Gasteiger partial charge >= 0.3 is 0 Å². The number of ether oxygens (including phenoxy) is 2. The molecule has 2 N–H and O–H groups in total. The van der Waals surface area contributed by atoms with E-state index in [2.05, 4.69) is 15.0 Å². The Hall–Kier alpha value is -1.77. The highest BCUT2D eigenvalue weighted by atomic mass is 16.7. The number of aromatic nitrogens is 4. The lowest BCUT2D eigenvalue weighted by Gasteiger charge is -2.17. The zero-order chi connectivity index (χ0) is 12.3. The van der Waals surface area contributed by atoms with Crippen molar-refractivity contribution in [3.05, 3.63) is 23.0 Å². The molecule has 0 unspecified atom stereocenters. The van der Waals surface area contributed by atoms with Crippen molar-refractivity contribution in [1.29, 1.82) is 0 Å². The lowest BCUT2D eigenvalue weighted by Crippen LogP contribution is -2.22. The van der Waals surface area contributed by atoms with Gasteiger partial charge < -0.3 is 19.6 Å². The molecule has 0 aliphatic carbocycles. The van der Waals surface area contributed by atoms with Crippen LogP contribution in [0.15, 0.2) is 17.4 Å². The maximum Gasteiger partial charge on any atom is 0.278 e. The molecular formula is C10H10N4O4. The van der Waals surface area contributed by atoms with E-state index < -0.39 is 0 Å². The molecule has 0 bridgehead atoms. The van der Waals surface area contributed by atoms with Crippen LogP contribution in [-0.2, 0) is 9.47 Å². The average Bonchev–Trinajstić information content (AvgIpc) is 2.91. The summed E-state index contributed by atoms with van der Waals surface area (Å²) in [7, 11) is 0. The van der Waals surface area contributed by atoms with Gasteiger partial charge in [0.15, 0.2) is 17.4 Å². The van der Waals surface area contributed by atoms with Crippen molar-refractivity contribution in [3.63, 3.8) is 0 Å². The summed E-state index contributed by atoms with van der Waals surface area (Å²) in [6.45, 7) is -0.0850. The van der Waals surface area contributed by atoms with Crippen LogP contribution in [-0.4, -0.2) is 49.5 Å². The fraction of sp³-hybridized carbons (Fsp3) is 0.500. The third-order valence-electron chi connectivity index (χ3n) is 3.34. The summed E-state index contributed by atoms with van der Waals surface area (Å²) < 4.78 is 12.8. The number of imidazole rings is 1. The number of hydrogen-bond acceptors (Lipinski definition) is 6. The highest BCUT2D eigenvalue weighted by Gasteiger charge is 2.58. The second-order valence-corrected chi connectivity index (χ2v) is 4.37. The highest BCUT2D eigenvalue weighted by molar-refractivity contribution is 5.68. The number of nitrogens with zero attached hydrogens (tertiary/aromatic N) is 3. The molecule has 2 aromatic rings. The second-order valence-electron chi connectivity index (χ2n) is 4.37. The summed E-state index contributed by atoms with van der Waals surface area (Å²) in [6.07, 6.45) is 1.97. The highest BCUT2D eigenvalue weighted by Crippen LogP contribution is 2.45. The molecule has 8 heteroatoms. The van der Waals surface area contributed by atoms with Gasteiger partial charge in [-0.3, -0.25) is 9.36 Å². The first-order chi connectivity index (χ1) is 8.79. The molecule has 0 spiro atoms. The first-order valence-electron chi connectivity index (χ1n) is 5.61. The number of rotatable bonds is 2. The van der Waals surface area contributed by atoms with E-state index in [0.717, 1.165) is 0 Å². The molecule has 94 valence electrons. The van der Waals surface area contributed by atoms with Gasteiger partial charge in [0.1, 0.15) is 18.3 Å². The molecule has 4 heterocycles. The van der Waals surface area contributed by atoms with Crippen molar-refractivity contribution >= 4 is 11.2 Å². The Balaban J connectivity index is 1.80. The molecule has 2 fully saturated rings. The maximum atomic E-state index is 11.5. The van der Waals surface area contributed by atoms with Crippen LogP contribution in [0.1, 0.15) is 6.23 Å². The van der Waals surface area contributed by atoms with Crippen molar-refractivity contribution in [2.24, 2.45) is 0 Å². The van der Waals surface area contributed by atoms with Crippen molar-refractivity contribution in [1.82, 2.24) is 19.5 Å². The number of epoxide rings is 1. The molecule has 18 heavy (non-hydrogen) atoms. The fourth-order valence-electron chi connectivity index (χ4n) is 2.42. The molecule has 0 saturated carbocycles. The van der Waals surface area contributed by atoms with Crippen LogP contribution in [0.25, 0.3) is 11.2 Å². The minimum atomic E-state index is -0.383. The lowest BCUT2D eigenvalue weighted by molar-refractivity contribution is -0.0823. The van der Waals surface area contributed by atoms with Gasteiger partial charge in [-0.1, -0.05) is 0 Å². The summed E-state index contributed by atoms with van der Waals surface area (Å²) in [6, 6.07) is 0. The maximum absolute atomic E-state index is 11.5. The van der Waals surface area contributed by atoms with Crippen LogP contribution >= 0.6 is 0 Å². The normalized spacial score (nSPS) is 33.8. The predicted octanol–water partition coefficient (Wildman–Crippen LogP) is -1.22. The molecule has 2 aromatic heterocycles. The summed E-state index contributed by atoms with van der Waals surface area (Å²) in [5.74, 6) is 0. The van der Waals surface area contributed by atoms with Gasteiger partial charge in [-0.05, 0) is 0 Å². The van der Waals surface area contributed by atoms with E-state index in [4.69, 9.17) is 14.6 Å². The Morgan fingerprint density at radius 1 is 1.39 bits per heavy atom. The third-order valence-corrected chi connectivity index (χ3v) is 3.34. The van der Waals surface area contributed by atoms with Crippen LogP contribution in [0.4, 0.5) is 0 Å². The lowest BCUT2D eigenvalue weighted by atomic mass is 10.2. The Morgan fingerprint density at radius 2 is 2.28 bits per heavy atom. The number of aliphatic hydroxyl groups is 1. The van der Waals surface area contributed by atoms with Gasteiger partial charge in [-0.2, -0.15) is 0 Å². The van der Waals surface area contributed by atoms with E-state index in [1.54, 1.807) is 4.57 Å². The fourth-order valence-corrected chi connectivity index (χ4v) is 2.42. The standard InChI is InChI=1S/C10H10N4O4/c15-1-4-6-7(18-6)10(17-4)14-3-13-5-8(14)11-2-12-9(5)16/h2-4,6-7,10,15H,1H2,(H,11,12,16)/t4-,6-,7-,10-/m1/s1. The number of fused-ring (bicyclic) bond motifs is 2. The van der Waals surface area contributed by atoms with E-state index in [1.165, 1.54) is 12.7 Å². The number of H-pyrrole nitrogens is 1. The van der Waals surface area contributed by atoms with Crippen LogP contribution in [0, 0.1) is 0 Å². The third kappa shape index (κ3) is 1.22. The predicted molar refractivity (Wildman–Crippen MR) is 57.8 cm³/mol. The SMILES string of the molecule is O=c1[nH]cnc2c1ncn2[C@@H]1O[C@H](CO)[C@H]2O[C@H]21. The van der Waals surface area contributed by atoms with Crippen molar-refractivity contribution in [3.8, 4) is 0 Å². The molecular weight excluding hydrogens is 240 g/mol. The van der Waals surface area contributed by atoms with Crippen molar-refractivity contribution in [2.75, 3.05) is 6.61 Å². The summed E-state index contributed by atoms with van der Waals surface area (Å²) >= 11 is 0. The van der Waals surface area contributed by atoms with Crippen LogP contribution in [0.5, 0.6) is 0 Å². The minimum absolute atomic E-state index is 0.0700. The molecule has 0 amide bonds. The zero-order valence-corrected chi connectivity index (χ0v) is 9.18. The second kappa shape index (κ2) is 3.37. The Labute approximate surface area is 100 Å². The summed E-state index contributed by atoms with van der Waals surface area (Å²) in [5, 5.41) is 9.14. The number of aromatic amines is 1. The molecule has 4 atom stereocenters. The number of hydrogen-bond donors (Lipinski definition) is 2. The summed E-state index contributed by atoms with van der Waals surface area (Å²) in [4.78, 5) is 22.1. The van der Waals surface area contributed by atoms with E-state index >= 15 is 0 Å². The van der Waals surface area contributed by atoms with Crippen LogP contribution in [0.3, 0.4) is 0 Å². The number of nitrogens with one attached hydrogen (secondary N) is 1. The topological polar surface area (TPSA) is 106 Å².